The molecule has 0 radical (unpaired) electrons. The van der Waals surface area contributed by atoms with Crippen LogP contribution in [-0.2, 0) is 7.05 Å². The van der Waals surface area contributed by atoms with Gasteiger partial charge in [-0.25, -0.2) is 4.57 Å². The minimum atomic E-state index is 0.978. The third kappa shape index (κ3) is 1.77. The molecule has 0 saturated carbocycles. The predicted molar refractivity (Wildman–Crippen MR) is 89.8 cm³/mol. The Morgan fingerprint density at radius 1 is 0.773 bits per heavy atom. The van der Waals surface area contributed by atoms with Crippen LogP contribution in [0.3, 0.4) is 0 Å². The van der Waals surface area contributed by atoms with Gasteiger partial charge in [-0.1, -0.05) is 30.3 Å². The van der Waals surface area contributed by atoms with Gasteiger partial charge in [-0.05, 0) is 31.0 Å². The number of hydrogen-bond acceptors (Lipinski definition) is 1. The van der Waals surface area contributed by atoms with Crippen molar-refractivity contribution in [3.63, 3.8) is 0 Å². The van der Waals surface area contributed by atoms with Crippen molar-refractivity contribution in [2.45, 2.75) is 13.8 Å². The molecule has 4 rings (SSSR count). The molecule has 0 saturated heterocycles. The quantitative estimate of drug-likeness (QED) is 0.464. The van der Waals surface area contributed by atoms with Gasteiger partial charge in [0.2, 0.25) is 5.69 Å². The Hall–Kier alpha value is -2.61. The summed E-state index contributed by atoms with van der Waals surface area (Å²) in [5.74, 6) is 0. The summed E-state index contributed by atoms with van der Waals surface area (Å²) in [4.78, 5) is 0. The Bertz CT molecular complexity index is 1010. The van der Waals surface area contributed by atoms with E-state index in [9.17, 15) is 0 Å². The van der Waals surface area contributed by atoms with E-state index in [1.165, 1.54) is 33.2 Å². The molecule has 0 bridgehead atoms. The molecule has 0 N–H and O–H groups in total. The summed E-state index contributed by atoms with van der Waals surface area (Å²) >= 11 is 0. The van der Waals surface area contributed by atoms with Crippen molar-refractivity contribution in [1.29, 1.82) is 0 Å². The van der Waals surface area contributed by atoms with E-state index in [0.717, 1.165) is 11.2 Å². The normalized spacial score (nSPS) is 11.4. The topological polar surface area (TPSA) is 17.0 Å². The fourth-order valence-electron chi connectivity index (χ4n) is 3.20. The molecule has 2 nitrogen and oxygen atoms in total. The van der Waals surface area contributed by atoms with Gasteiger partial charge < -0.3 is 4.42 Å². The highest BCUT2D eigenvalue weighted by atomic mass is 16.3. The van der Waals surface area contributed by atoms with Gasteiger partial charge in [-0.15, -0.1) is 0 Å². The van der Waals surface area contributed by atoms with Gasteiger partial charge in [0.15, 0.2) is 6.20 Å². The highest BCUT2D eigenvalue weighted by Crippen LogP contribution is 2.37. The lowest BCUT2D eigenvalue weighted by Crippen LogP contribution is -2.30. The molecule has 0 aliphatic rings. The summed E-state index contributed by atoms with van der Waals surface area (Å²) in [6.45, 7) is 4.24. The standard InChI is InChI=1S/C20H18NO/c1-13-10-11-16-15-8-6-7-14(2)19(15)22-20(16)18(13)17-9-4-5-12-21(17)3/h4-12H,1-3H3/q+1. The molecular formula is C20H18NO+. The zero-order valence-corrected chi connectivity index (χ0v) is 13.1. The number of aromatic nitrogens is 1. The van der Waals surface area contributed by atoms with Gasteiger partial charge in [-0.3, -0.25) is 0 Å². The van der Waals surface area contributed by atoms with Crippen LogP contribution in [0.2, 0.25) is 0 Å². The number of fused-ring (bicyclic) bond motifs is 3. The molecule has 2 heteroatoms. The lowest BCUT2D eigenvalue weighted by molar-refractivity contribution is -0.660. The molecular weight excluding hydrogens is 270 g/mol. The zero-order chi connectivity index (χ0) is 15.3. The fourth-order valence-corrected chi connectivity index (χ4v) is 3.20. The number of benzene rings is 2. The van der Waals surface area contributed by atoms with E-state index in [-0.39, 0.29) is 0 Å². The molecule has 2 heterocycles. The number of hydrogen-bond donors (Lipinski definition) is 0. The summed E-state index contributed by atoms with van der Waals surface area (Å²) in [5.41, 5.74) is 6.72. The molecule has 4 aromatic rings. The van der Waals surface area contributed by atoms with Crippen LogP contribution in [0, 0.1) is 13.8 Å². The Balaban J connectivity index is 2.19. The lowest BCUT2D eigenvalue weighted by atomic mass is 10.0. The van der Waals surface area contributed by atoms with Crippen molar-refractivity contribution in [2.24, 2.45) is 7.05 Å². The average Bonchev–Trinajstić information content (AvgIpc) is 2.88. The first-order chi connectivity index (χ1) is 10.7. The molecule has 0 amide bonds. The van der Waals surface area contributed by atoms with Crippen LogP contribution in [-0.4, -0.2) is 0 Å². The van der Waals surface area contributed by atoms with Crippen LogP contribution < -0.4 is 4.57 Å². The molecule has 0 unspecified atom stereocenters. The number of rotatable bonds is 1. The number of pyridine rings is 1. The van der Waals surface area contributed by atoms with Gasteiger partial charge in [0.25, 0.3) is 0 Å². The van der Waals surface area contributed by atoms with Crippen molar-refractivity contribution >= 4 is 21.9 Å². The van der Waals surface area contributed by atoms with Gasteiger partial charge in [0, 0.05) is 22.9 Å². The smallest absolute Gasteiger partial charge is 0.216 e. The molecule has 0 aliphatic heterocycles. The molecule has 0 atom stereocenters. The summed E-state index contributed by atoms with van der Waals surface area (Å²) in [6.07, 6.45) is 2.07. The number of furan rings is 1. The van der Waals surface area contributed by atoms with Gasteiger partial charge in [0.1, 0.15) is 18.2 Å². The van der Waals surface area contributed by atoms with Crippen molar-refractivity contribution in [3.05, 3.63) is 65.9 Å². The van der Waals surface area contributed by atoms with Crippen LogP contribution in [0.25, 0.3) is 33.2 Å². The summed E-state index contributed by atoms with van der Waals surface area (Å²) in [5, 5.41) is 2.37. The maximum atomic E-state index is 6.29. The predicted octanol–water partition coefficient (Wildman–Crippen LogP) is 4.69. The highest BCUT2D eigenvalue weighted by Gasteiger charge is 2.20. The zero-order valence-electron chi connectivity index (χ0n) is 13.1. The monoisotopic (exact) mass is 288 g/mol. The van der Waals surface area contributed by atoms with Crippen LogP contribution >= 0.6 is 0 Å². The number of nitrogens with zero attached hydrogens (tertiary/aromatic N) is 1. The van der Waals surface area contributed by atoms with E-state index in [4.69, 9.17) is 4.42 Å². The molecule has 0 fully saturated rings. The van der Waals surface area contributed by atoms with Crippen molar-refractivity contribution < 1.29 is 8.98 Å². The van der Waals surface area contributed by atoms with Crippen molar-refractivity contribution in [3.8, 4) is 11.3 Å². The fraction of sp³-hybridized carbons (Fsp3) is 0.150. The van der Waals surface area contributed by atoms with E-state index < -0.39 is 0 Å². The Morgan fingerprint density at radius 3 is 2.41 bits per heavy atom. The second kappa shape index (κ2) is 4.70. The molecule has 22 heavy (non-hydrogen) atoms. The van der Waals surface area contributed by atoms with Gasteiger partial charge in [0.05, 0.1) is 5.56 Å². The SMILES string of the molecule is Cc1ccc2c(oc3c(C)cccc32)c1-c1cccc[n+]1C. The number of aryl methyl sites for hydroxylation is 3. The second-order valence-corrected chi connectivity index (χ2v) is 5.88. The molecule has 108 valence electrons. The van der Waals surface area contributed by atoms with Crippen LogP contribution in [0.4, 0.5) is 0 Å². The summed E-state index contributed by atoms with van der Waals surface area (Å²) in [7, 11) is 2.07. The van der Waals surface area contributed by atoms with E-state index in [1.807, 2.05) is 6.07 Å². The van der Waals surface area contributed by atoms with Crippen LogP contribution in [0.5, 0.6) is 0 Å². The first kappa shape index (κ1) is 13.1. The largest absolute Gasteiger partial charge is 0.455 e. The van der Waals surface area contributed by atoms with Crippen LogP contribution in [0.1, 0.15) is 11.1 Å². The summed E-state index contributed by atoms with van der Waals surface area (Å²) < 4.78 is 8.43. The van der Waals surface area contributed by atoms with Crippen molar-refractivity contribution in [1.82, 2.24) is 0 Å². The van der Waals surface area contributed by atoms with E-state index in [1.54, 1.807) is 0 Å². The molecule has 2 aromatic carbocycles. The van der Waals surface area contributed by atoms with E-state index in [0.29, 0.717) is 0 Å². The minimum absolute atomic E-state index is 0.978. The Kier molecular flexibility index (Phi) is 2.80. The summed E-state index contributed by atoms with van der Waals surface area (Å²) in [6, 6.07) is 16.9. The maximum absolute atomic E-state index is 6.29. The highest BCUT2D eigenvalue weighted by molar-refractivity contribution is 6.10. The minimum Gasteiger partial charge on any atom is -0.455 e. The Labute approximate surface area is 129 Å². The third-order valence-corrected chi connectivity index (χ3v) is 4.38. The molecule has 2 aromatic heterocycles. The molecule has 0 spiro atoms. The van der Waals surface area contributed by atoms with E-state index >= 15 is 0 Å². The second-order valence-electron chi connectivity index (χ2n) is 5.88. The number of para-hydroxylation sites is 1. The Morgan fingerprint density at radius 2 is 1.59 bits per heavy atom. The maximum Gasteiger partial charge on any atom is 0.216 e. The average molecular weight is 288 g/mol. The lowest BCUT2D eigenvalue weighted by Gasteiger charge is -2.04. The van der Waals surface area contributed by atoms with Crippen LogP contribution in [0.15, 0.2) is 59.1 Å². The first-order valence-corrected chi connectivity index (χ1v) is 7.53. The van der Waals surface area contributed by atoms with Gasteiger partial charge >= 0.3 is 0 Å². The van der Waals surface area contributed by atoms with Crippen molar-refractivity contribution in [2.75, 3.05) is 0 Å². The van der Waals surface area contributed by atoms with Gasteiger partial charge in [-0.2, -0.15) is 0 Å². The molecule has 0 aliphatic carbocycles. The third-order valence-electron chi connectivity index (χ3n) is 4.38. The van der Waals surface area contributed by atoms with E-state index in [2.05, 4.69) is 74.1 Å². The first-order valence-electron chi connectivity index (χ1n) is 7.53.